The summed E-state index contributed by atoms with van der Waals surface area (Å²) >= 11 is 0. The van der Waals surface area contributed by atoms with Gasteiger partial charge in [0, 0.05) is 6.04 Å². The van der Waals surface area contributed by atoms with Gasteiger partial charge in [-0.3, -0.25) is 0 Å². The van der Waals surface area contributed by atoms with Crippen molar-refractivity contribution in [2.75, 3.05) is 0 Å². The predicted octanol–water partition coefficient (Wildman–Crippen LogP) is 1.74. The third kappa shape index (κ3) is 4.61. The number of hydrogen-bond donors (Lipinski definition) is 2. The van der Waals surface area contributed by atoms with Crippen molar-refractivity contribution in [3.05, 3.63) is 35.4 Å². The summed E-state index contributed by atoms with van der Waals surface area (Å²) in [5.41, 5.74) is 7.36. The number of nitrogens with two attached hydrogens (primary N) is 1. The smallest absolute Gasteiger partial charge is 0.189 e. The van der Waals surface area contributed by atoms with Gasteiger partial charge in [-0.2, -0.15) is 5.26 Å². The lowest BCUT2D eigenvalue weighted by molar-refractivity contribution is 0.879. The SMILES string of the molecule is I.N#Cc1cccc(CN=C(N)NC2CC2)c1. The molecule has 0 atom stereocenters. The van der Waals surface area contributed by atoms with Crippen molar-refractivity contribution in [3.63, 3.8) is 0 Å². The standard InChI is InChI=1S/C12H14N4.HI/c13-7-9-2-1-3-10(6-9)8-15-12(14)16-11-4-5-11;/h1-3,6,11H,4-5,8H2,(H3,14,15,16);1H. The van der Waals surface area contributed by atoms with Gasteiger partial charge >= 0.3 is 0 Å². The van der Waals surface area contributed by atoms with E-state index >= 15 is 0 Å². The third-order valence-electron chi connectivity index (χ3n) is 2.42. The molecule has 2 rings (SSSR count). The van der Waals surface area contributed by atoms with E-state index < -0.39 is 0 Å². The van der Waals surface area contributed by atoms with Crippen molar-refractivity contribution >= 4 is 29.9 Å². The third-order valence-corrected chi connectivity index (χ3v) is 2.42. The number of nitrogens with one attached hydrogen (secondary N) is 1. The highest BCUT2D eigenvalue weighted by molar-refractivity contribution is 14.0. The van der Waals surface area contributed by atoms with Crippen LogP contribution in [0.1, 0.15) is 24.0 Å². The Bertz CT molecular complexity index is 446. The summed E-state index contributed by atoms with van der Waals surface area (Å²) in [5, 5.41) is 11.9. The first-order valence-corrected chi connectivity index (χ1v) is 5.33. The van der Waals surface area contributed by atoms with Crippen LogP contribution in [0.15, 0.2) is 29.3 Å². The second-order valence-electron chi connectivity index (χ2n) is 3.93. The summed E-state index contributed by atoms with van der Waals surface area (Å²) in [6.07, 6.45) is 2.36. The zero-order chi connectivity index (χ0) is 11.4. The molecule has 0 bridgehead atoms. The molecular formula is C12H15IN4. The van der Waals surface area contributed by atoms with Crippen molar-refractivity contribution in [3.8, 4) is 6.07 Å². The van der Waals surface area contributed by atoms with Gasteiger partial charge in [0.2, 0.25) is 0 Å². The van der Waals surface area contributed by atoms with Crippen molar-refractivity contribution in [1.29, 1.82) is 5.26 Å². The average molecular weight is 342 g/mol. The van der Waals surface area contributed by atoms with Crippen LogP contribution in [0.4, 0.5) is 0 Å². The number of benzene rings is 1. The average Bonchev–Trinajstić information content (AvgIpc) is 3.10. The molecule has 1 aromatic rings. The van der Waals surface area contributed by atoms with Gasteiger partial charge in [0.05, 0.1) is 18.2 Å². The van der Waals surface area contributed by atoms with E-state index in [1.54, 1.807) is 6.07 Å². The Morgan fingerprint density at radius 3 is 2.94 bits per heavy atom. The minimum absolute atomic E-state index is 0. The van der Waals surface area contributed by atoms with E-state index in [4.69, 9.17) is 11.0 Å². The van der Waals surface area contributed by atoms with E-state index in [1.165, 1.54) is 12.8 Å². The first-order chi connectivity index (χ1) is 7.78. The number of guanidine groups is 1. The number of nitrogens with zero attached hydrogens (tertiary/aromatic N) is 2. The number of hydrogen-bond acceptors (Lipinski definition) is 2. The van der Waals surface area contributed by atoms with Crippen LogP contribution in [0, 0.1) is 11.3 Å². The maximum Gasteiger partial charge on any atom is 0.189 e. The Morgan fingerprint density at radius 2 is 2.29 bits per heavy atom. The zero-order valence-electron chi connectivity index (χ0n) is 9.39. The molecule has 4 nitrogen and oxygen atoms in total. The molecule has 1 aliphatic rings. The number of halogens is 1. The molecule has 17 heavy (non-hydrogen) atoms. The molecule has 90 valence electrons. The Balaban J connectivity index is 0.00000144. The highest BCUT2D eigenvalue weighted by atomic mass is 127. The van der Waals surface area contributed by atoms with Crippen molar-refractivity contribution in [2.24, 2.45) is 10.7 Å². The fourth-order valence-corrected chi connectivity index (χ4v) is 1.40. The summed E-state index contributed by atoms with van der Waals surface area (Å²) in [7, 11) is 0. The van der Waals surface area contributed by atoms with Crippen LogP contribution in [0.5, 0.6) is 0 Å². The molecule has 0 spiro atoms. The Morgan fingerprint density at radius 1 is 1.53 bits per heavy atom. The molecule has 0 heterocycles. The lowest BCUT2D eigenvalue weighted by atomic mass is 10.1. The molecule has 0 aromatic heterocycles. The first kappa shape index (κ1) is 13.8. The second kappa shape index (κ2) is 6.45. The molecule has 0 amide bonds. The fraction of sp³-hybridized carbons (Fsp3) is 0.333. The Kier molecular flexibility index (Phi) is 5.22. The molecule has 1 fully saturated rings. The molecule has 3 N–H and O–H groups in total. The van der Waals surface area contributed by atoms with Crippen molar-refractivity contribution in [2.45, 2.75) is 25.4 Å². The van der Waals surface area contributed by atoms with E-state index in [1.807, 2.05) is 18.2 Å². The molecule has 1 saturated carbocycles. The molecule has 1 aromatic carbocycles. The maximum absolute atomic E-state index is 8.74. The Labute approximate surface area is 118 Å². The van der Waals surface area contributed by atoms with Gasteiger partial charge in [-0.05, 0) is 30.5 Å². The minimum atomic E-state index is 0. The zero-order valence-corrected chi connectivity index (χ0v) is 11.7. The largest absolute Gasteiger partial charge is 0.370 e. The highest BCUT2D eigenvalue weighted by Gasteiger charge is 2.21. The van der Waals surface area contributed by atoms with Crippen LogP contribution in [-0.4, -0.2) is 12.0 Å². The molecule has 0 saturated heterocycles. The van der Waals surface area contributed by atoms with Crippen LogP contribution in [0.2, 0.25) is 0 Å². The molecule has 5 heteroatoms. The monoisotopic (exact) mass is 342 g/mol. The summed E-state index contributed by atoms with van der Waals surface area (Å²) in [6, 6.07) is 10.0. The van der Waals surface area contributed by atoms with Crippen molar-refractivity contribution in [1.82, 2.24) is 5.32 Å². The van der Waals surface area contributed by atoms with Gasteiger partial charge in [-0.25, -0.2) is 4.99 Å². The van der Waals surface area contributed by atoms with Gasteiger partial charge < -0.3 is 11.1 Å². The van der Waals surface area contributed by atoms with Crippen LogP contribution in [-0.2, 0) is 6.54 Å². The lowest BCUT2D eigenvalue weighted by Crippen LogP contribution is -2.33. The summed E-state index contributed by atoms with van der Waals surface area (Å²) in [4.78, 5) is 4.22. The molecular weight excluding hydrogens is 327 g/mol. The van der Waals surface area contributed by atoms with E-state index in [-0.39, 0.29) is 24.0 Å². The fourth-order valence-electron chi connectivity index (χ4n) is 1.40. The van der Waals surface area contributed by atoms with Crippen LogP contribution >= 0.6 is 24.0 Å². The van der Waals surface area contributed by atoms with Gasteiger partial charge in [-0.15, -0.1) is 24.0 Å². The summed E-state index contributed by atoms with van der Waals surface area (Å²) in [6.45, 7) is 0.515. The van der Waals surface area contributed by atoms with E-state index in [9.17, 15) is 0 Å². The van der Waals surface area contributed by atoms with Crippen LogP contribution < -0.4 is 11.1 Å². The highest BCUT2D eigenvalue weighted by Crippen LogP contribution is 2.18. The normalized spacial score (nSPS) is 14.6. The topological polar surface area (TPSA) is 74.2 Å². The van der Waals surface area contributed by atoms with Crippen LogP contribution in [0.3, 0.4) is 0 Å². The van der Waals surface area contributed by atoms with Gasteiger partial charge in [0.1, 0.15) is 0 Å². The van der Waals surface area contributed by atoms with Crippen LogP contribution in [0.25, 0.3) is 0 Å². The predicted molar refractivity (Wildman–Crippen MR) is 78.1 cm³/mol. The summed E-state index contributed by atoms with van der Waals surface area (Å²) in [5.74, 6) is 0.491. The molecule has 0 aliphatic heterocycles. The minimum Gasteiger partial charge on any atom is -0.370 e. The van der Waals surface area contributed by atoms with Gasteiger partial charge in [0.15, 0.2) is 5.96 Å². The molecule has 0 radical (unpaired) electrons. The van der Waals surface area contributed by atoms with Crippen molar-refractivity contribution < 1.29 is 0 Å². The quantitative estimate of drug-likeness (QED) is 0.499. The second-order valence-corrected chi connectivity index (χ2v) is 3.93. The van der Waals surface area contributed by atoms with E-state index in [2.05, 4.69) is 16.4 Å². The first-order valence-electron chi connectivity index (χ1n) is 5.33. The van der Waals surface area contributed by atoms with Gasteiger partial charge in [0.25, 0.3) is 0 Å². The van der Waals surface area contributed by atoms with E-state index in [0.29, 0.717) is 24.1 Å². The number of nitriles is 1. The number of aliphatic imine (C=N–C) groups is 1. The Hall–Kier alpha value is -1.29. The lowest BCUT2D eigenvalue weighted by Gasteiger charge is -2.03. The van der Waals surface area contributed by atoms with Gasteiger partial charge in [-0.1, -0.05) is 12.1 Å². The number of rotatable bonds is 3. The maximum atomic E-state index is 8.74. The summed E-state index contributed by atoms with van der Waals surface area (Å²) < 4.78 is 0. The molecule has 0 unspecified atom stereocenters. The molecule has 1 aliphatic carbocycles. The van der Waals surface area contributed by atoms with E-state index in [0.717, 1.165) is 5.56 Å².